The van der Waals surface area contributed by atoms with Crippen molar-refractivity contribution in [3.05, 3.63) is 35.9 Å². The largest absolute Gasteiger partial charge is 0.434 e. The number of aliphatic hydroxyl groups is 1. The number of carbonyl (C=O) groups excluding carboxylic acids is 1. The van der Waals surface area contributed by atoms with Crippen LogP contribution in [0.4, 0.5) is 8.78 Å². The second-order valence-corrected chi connectivity index (χ2v) is 3.84. The smallest absolute Gasteiger partial charge is 0.387 e. The molecule has 0 heterocycles. The Morgan fingerprint density at radius 1 is 1.47 bits per heavy atom. The van der Waals surface area contributed by atoms with Gasteiger partial charge in [-0.15, -0.1) is 0 Å². The molecule has 0 fully saturated rings. The Labute approximate surface area is 109 Å². The standard InChI is InChI=1S/C13H15F2NO3/c1-9(17)8-16-12(18)7-6-10-4-2-3-5-11(10)19-13(14)15/h2-7,9,13,17H,8H2,1H3,(H,16,18)/b7-6+. The van der Waals surface area contributed by atoms with Crippen LogP contribution < -0.4 is 10.1 Å². The van der Waals surface area contributed by atoms with E-state index in [2.05, 4.69) is 10.1 Å². The van der Waals surface area contributed by atoms with Gasteiger partial charge in [-0.1, -0.05) is 18.2 Å². The number of rotatable bonds is 6. The monoisotopic (exact) mass is 271 g/mol. The molecule has 1 atom stereocenters. The first-order valence-corrected chi connectivity index (χ1v) is 5.67. The maximum atomic E-state index is 12.2. The zero-order chi connectivity index (χ0) is 14.3. The van der Waals surface area contributed by atoms with Crippen molar-refractivity contribution in [3.63, 3.8) is 0 Å². The first-order valence-electron chi connectivity index (χ1n) is 5.67. The number of ether oxygens (including phenoxy) is 1. The van der Waals surface area contributed by atoms with E-state index in [-0.39, 0.29) is 12.3 Å². The molecule has 1 rings (SSSR count). The fraction of sp³-hybridized carbons (Fsp3) is 0.308. The summed E-state index contributed by atoms with van der Waals surface area (Å²) in [6, 6.07) is 6.14. The van der Waals surface area contributed by atoms with Crippen LogP contribution in [0.15, 0.2) is 30.3 Å². The minimum absolute atomic E-state index is 0.00271. The summed E-state index contributed by atoms with van der Waals surface area (Å²) in [7, 11) is 0. The number of halogens is 2. The molecule has 0 radical (unpaired) electrons. The molecule has 1 unspecified atom stereocenters. The number of amides is 1. The molecule has 0 aliphatic rings. The molecule has 19 heavy (non-hydrogen) atoms. The fourth-order valence-corrected chi connectivity index (χ4v) is 1.29. The van der Waals surface area contributed by atoms with Gasteiger partial charge in [-0.3, -0.25) is 4.79 Å². The van der Waals surface area contributed by atoms with Gasteiger partial charge in [0, 0.05) is 18.2 Å². The Bertz CT molecular complexity index is 447. The van der Waals surface area contributed by atoms with Crippen LogP contribution in [-0.2, 0) is 4.79 Å². The molecular formula is C13H15F2NO3. The first-order chi connectivity index (χ1) is 8.99. The van der Waals surface area contributed by atoms with Gasteiger partial charge in [-0.05, 0) is 19.1 Å². The normalized spacial score (nSPS) is 12.7. The van der Waals surface area contributed by atoms with Gasteiger partial charge in [0.15, 0.2) is 0 Å². The minimum atomic E-state index is -2.92. The Hall–Kier alpha value is -1.95. The van der Waals surface area contributed by atoms with E-state index < -0.39 is 18.6 Å². The molecule has 0 aromatic heterocycles. The molecule has 104 valence electrons. The molecule has 4 nitrogen and oxygen atoms in total. The second-order valence-electron chi connectivity index (χ2n) is 3.84. The summed E-state index contributed by atoms with van der Waals surface area (Å²) in [5.41, 5.74) is 0.370. The lowest BCUT2D eigenvalue weighted by atomic mass is 10.2. The van der Waals surface area contributed by atoms with Crippen molar-refractivity contribution in [2.24, 2.45) is 0 Å². The molecule has 1 aromatic rings. The maximum absolute atomic E-state index is 12.2. The number of hydrogen-bond donors (Lipinski definition) is 2. The summed E-state index contributed by atoms with van der Waals surface area (Å²) in [5, 5.41) is 11.4. The molecule has 0 spiro atoms. The average molecular weight is 271 g/mol. The predicted octanol–water partition coefficient (Wildman–Crippen LogP) is 1.80. The SMILES string of the molecule is CC(O)CNC(=O)/C=C/c1ccccc1OC(F)F. The first kappa shape index (κ1) is 15.1. The van der Waals surface area contributed by atoms with E-state index in [1.54, 1.807) is 18.2 Å². The van der Waals surface area contributed by atoms with Gasteiger partial charge in [0.1, 0.15) is 5.75 Å². The number of alkyl halides is 2. The third-order valence-electron chi connectivity index (χ3n) is 2.12. The summed E-state index contributed by atoms with van der Waals surface area (Å²) in [4.78, 5) is 11.4. The van der Waals surface area contributed by atoms with Crippen molar-refractivity contribution in [3.8, 4) is 5.75 Å². The van der Waals surface area contributed by atoms with Gasteiger partial charge in [-0.2, -0.15) is 8.78 Å². The highest BCUT2D eigenvalue weighted by atomic mass is 19.3. The fourth-order valence-electron chi connectivity index (χ4n) is 1.29. The third kappa shape index (κ3) is 5.96. The van der Waals surface area contributed by atoms with Crippen molar-refractivity contribution in [1.29, 1.82) is 0 Å². The number of aliphatic hydroxyl groups excluding tert-OH is 1. The molecular weight excluding hydrogens is 256 g/mol. The summed E-state index contributed by atoms with van der Waals surface area (Å²) < 4.78 is 28.6. The number of carbonyl (C=O) groups is 1. The van der Waals surface area contributed by atoms with Crippen molar-refractivity contribution >= 4 is 12.0 Å². The molecule has 1 aromatic carbocycles. The number of para-hydroxylation sites is 1. The summed E-state index contributed by atoms with van der Waals surface area (Å²) in [6.45, 7) is -1.26. The van der Waals surface area contributed by atoms with Crippen molar-refractivity contribution < 1.29 is 23.4 Å². The quantitative estimate of drug-likeness (QED) is 0.776. The van der Waals surface area contributed by atoms with Crippen LogP contribution in [0.5, 0.6) is 5.75 Å². The van der Waals surface area contributed by atoms with E-state index >= 15 is 0 Å². The summed E-state index contributed by atoms with van der Waals surface area (Å²) in [6.07, 6.45) is 1.91. The number of benzene rings is 1. The molecule has 0 bridgehead atoms. The number of nitrogens with one attached hydrogen (secondary N) is 1. The van der Waals surface area contributed by atoms with Crippen LogP contribution in [0.2, 0.25) is 0 Å². The highest BCUT2D eigenvalue weighted by Crippen LogP contribution is 2.21. The topological polar surface area (TPSA) is 58.6 Å². The van der Waals surface area contributed by atoms with Gasteiger partial charge in [0.2, 0.25) is 5.91 Å². The Kier molecular flexibility index (Phi) is 5.95. The molecule has 6 heteroatoms. The van der Waals surface area contributed by atoms with Crippen LogP contribution in [-0.4, -0.2) is 30.3 Å². The van der Waals surface area contributed by atoms with Crippen LogP contribution in [0, 0.1) is 0 Å². The highest BCUT2D eigenvalue weighted by molar-refractivity contribution is 5.92. The molecule has 1 amide bonds. The average Bonchev–Trinajstić information content (AvgIpc) is 2.34. The zero-order valence-electron chi connectivity index (χ0n) is 10.3. The molecule has 0 saturated carbocycles. The molecule has 2 N–H and O–H groups in total. The van der Waals surface area contributed by atoms with E-state index in [1.807, 2.05) is 0 Å². The summed E-state index contributed by atoms with van der Waals surface area (Å²) >= 11 is 0. The van der Waals surface area contributed by atoms with Crippen molar-refractivity contribution in [2.45, 2.75) is 19.6 Å². The van der Waals surface area contributed by atoms with E-state index in [0.29, 0.717) is 5.56 Å². The molecule has 0 saturated heterocycles. The highest BCUT2D eigenvalue weighted by Gasteiger charge is 2.07. The van der Waals surface area contributed by atoms with Crippen molar-refractivity contribution in [1.82, 2.24) is 5.32 Å². The zero-order valence-corrected chi connectivity index (χ0v) is 10.3. The lowest BCUT2D eigenvalue weighted by Crippen LogP contribution is -2.28. The van der Waals surface area contributed by atoms with Gasteiger partial charge in [-0.25, -0.2) is 0 Å². The van der Waals surface area contributed by atoms with Crippen LogP contribution in [0.3, 0.4) is 0 Å². The van der Waals surface area contributed by atoms with Gasteiger partial charge in [0.25, 0.3) is 0 Å². The van der Waals surface area contributed by atoms with Crippen LogP contribution in [0.25, 0.3) is 6.08 Å². The Morgan fingerprint density at radius 3 is 2.79 bits per heavy atom. The van der Waals surface area contributed by atoms with E-state index in [0.717, 1.165) is 0 Å². The van der Waals surface area contributed by atoms with Gasteiger partial charge in [0.05, 0.1) is 6.10 Å². The maximum Gasteiger partial charge on any atom is 0.387 e. The van der Waals surface area contributed by atoms with E-state index in [1.165, 1.54) is 25.1 Å². The second kappa shape index (κ2) is 7.48. The van der Waals surface area contributed by atoms with Crippen molar-refractivity contribution in [2.75, 3.05) is 6.54 Å². The lowest BCUT2D eigenvalue weighted by molar-refractivity contribution is -0.116. The Balaban J connectivity index is 2.67. The van der Waals surface area contributed by atoms with Gasteiger partial charge < -0.3 is 15.2 Å². The van der Waals surface area contributed by atoms with Crippen LogP contribution in [0.1, 0.15) is 12.5 Å². The predicted molar refractivity (Wildman–Crippen MR) is 66.8 cm³/mol. The van der Waals surface area contributed by atoms with Crippen LogP contribution >= 0.6 is 0 Å². The third-order valence-corrected chi connectivity index (χ3v) is 2.12. The molecule has 0 aliphatic carbocycles. The van der Waals surface area contributed by atoms with Gasteiger partial charge >= 0.3 is 6.61 Å². The van der Waals surface area contributed by atoms with E-state index in [4.69, 9.17) is 5.11 Å². The summed E-state index contributed by atoms with van der Waals surface area (Å²) in [5.74, 6) is -0.426. The minimum Gasteiger partial charge on any atom is -0.434 e. The lowest BCUT2D eigenvalue weighted by Gasteiger charge is -2.07. The number of hydrogen-bond acceptors (Lipinski definition) is 3. The Morgan fingerprint density at radius 2 is 2.16 bits per heavy atom. The van der Waals surface area contributed by atoms with E-state index in [9.17, 15) is 13.6 Å². The molecule has 0 aliphatic heterocycles.